The molecule has 0 saturated carbocycles. The fraction of sp³-hybridized carbons (Fsp3) is 0.625. The second kappa shape index (κ2) is 6.89. The number of ether oxygens (including phenoxy) is 1. The van der Waals surface area contributed by atoms with Gasteiger partial charge in [-0.3, -0.25) is 9.78 Å². The molecule has 1 aromatic heterocycles. The van der Waals surface area contributed by atoms with Gasteiger partial charge in [0.05, 0.1) is 6.54 Å². The van der Waals surface area contributed by atoms with E-state index in [1.54, 1.807) is 0 Å². The second-order valence-electron chi connectivity index (χ2n) is 6.43. The Kier molecular flexibility index (Phi) is 5.17. The standard InChI is InChI=1S/C16H25N3O2/c1-16(2,3)21-15(20)12-18-13-6-10-19(11-7-13)14-4-8-17-9-5-14/h4-5,8-9,13,18H,6-7,10-12H2,1-3H3. The molecule has 21 heavy (non-hydrogen) atoms. The van der Waals surface area contributed by atoms with E-state index in [1.807, 2.05) is 45.3 Å². The fourth-order valence-electron chi connectivity index (χ4n) is 2.50. The summed E-state index contributed by atoms with van der Waals surface area (Å²) in [6, 6.07) is 4.46. The molecule has 0 bridgehead atoms. The molecule has 1 fully saturated rings. The summed E-state index contributed by atoms with van der Waals surface area (Å²) in [4.78, 5) is 18.1. The Hall–Kier alpha value is -1.62. The van der Waals surface area contributed by atoms with Gasteiger partial charge in [0.25, 0.3) is 0 Å². The molecule has 0 aliphatic carbocycles. The monoisotopic (exact) mass is 291 g/mol. The zero-order valence-corrected chi connectivity index (χ0v) is 13.1. The van der Waals surface area contributed by atoms with Gasteiger partial charge in [-0.2, -0.15) is 0 Å². The van der Waals surface area contributed by atoms with Crippen LogP contribution in [-0.2, 0) is 9.53 Å². The quantitative estimate of drug-likeness (QED) is 0.860. The van der Waals surface area contributed by atoms with Gasteiger partial charge in [-0.05, 0) is 45.7 Å². The lowest BCUT2D eigenvalue weighted by molar-refractivity contribution is -0.153. The fourth-order valence-corrected chi connectivity index (χ4v) is 2.50. The number of rotatable bonds is 4. The van der Waals surface area contributed by atoms with E-state index in [9.17, 15) is 4.79 Å². The van der Waals surface area contributed by atoms with Crippen LogP contribution in [0.2, 0.25) is 0 Å². The van der Waals surface area contributed by atoms with Crippen LogP contribution in [0.4, 0.5) is 5.69 Å². The van der Waals surface area contributed by atoms with Crippen LogP contribution in [-0.4, -0.2) is 42.2 Å². The molecule has 0 unspecified atom stereocenters. The first kappa shape index (κ1) is 15.8. The Balaban J connectivity index is 1.71. The third-order valence-corrected chi connectivity index (χ3v) is 3.48. The smallest absolute Gasteiger partial charge is 0.320 e. The van der Waals surface area contributed by atoms with Crippen molar-refractivity contribution in [2.75, 3.05) is 24.5 Å². The van der Waals surface area contributed by atoms with E-state index in [2.05, 4.69) is 15.2 Å². The minimum Gasteiger partial charge on any atom is -0.459 e. The third-order valence-electron chi connectivity index (χ3n) is 3.48. The van der Waals surface area contributed by atoms with Crippen molar-refractivity contribution in [3.05, 3.63) is 24.5 Å². The Morgan fingerprint density at radius 3 is 2.52 bits per heavy atom. The van der Waals surface area contributed by atoms with Crippen molar-refractivity contribution >= 4 is 11.7 Å². The molecule has 2 heterocycles. The van der Waals surface area contributed by atoms with Gasteiger partial charge in [-0.15, -0.1) is 0 Å². The van der Waals surface area contributed by atoms with Gasteiger partial charge < -0.3 is 15.0 Å². The second-order valence-corrected chi connectivity index (χ2v) is 6.43. The summed E-state index contributed by atoms with van der Waals surface area (Å²) in [5.74, 6) is -0.181. The molecule has 1 saturated heterocycles. The van der Waals surface area contributed by atoms with E-state index in [4.69, 9.17) is 4.74 Å². The van der Waals surface area contributed by atoms with Crippen LogP contribution in [0.25, 0.3) is 0 Å². The Labute approximate surface area is 126 Å². The zero-order chi connectivity index (χ0) is 15.3. The van der Waals surface area contributed by atoms with E-state index < -0.39 is 5.60 Å². The lowest BCUT2D eigenvalue weighted by Gasteiger charge is -2.34. The minimum absolute atomic E-state index is 0.181. The van der Waals surface area contributed by atoms with Crippen LogP contribution in [0.1, 0.15) is 33.6 Å². The Morgan fingerprint density at radius 2 is 1.95 bits per heavy atom. The number of carbonyl (C=O) groups is 1. The molecule has 2 rings (SSSR count). The average Bonchev–Trinajstić information content (AvgIpc) is 2.45. The van der Waals surface area contributed by atoms with Crippen LogP contribution >= 0.6 is 0 Å². The molecule has 0 radical (unpaired) electrons. The predicted octanol–water partition coefficient (Wildman–Crippen LogP) is 1.98. The molecule has 1 aliphatic heterocycles. The molecule has 116 valence electrons. The number of hydrogen-bond donors (Lipinski definition) is 1. The molecule has 0 atom stereocenters. The Morgan fingerprint density at radius 1 is 1.33 bits per heavy atom. The number of piperidine rings is 1. The highest BCUT2D eigenvalue weighted by atomic mass is 16.6. The lowest BCUT2D eigenvalue weighted by Crippen LogP contribution is -2.44. The molecule has 0 amide bonds. The van der Waals surface area contributed by atoms with Crippen molar-refractivity contribution < 1.29 is 9.53 Å². The minimum atomic E-state index is -0.413. The van der Waals surface area contributed by atoms with Gasteiger partial charge in [0.15, 0.2) is 0 Å². The molecule has 1 aromatic rings. The molecular formula is C16H25N3O2. The molecule has 0 aromatic carbocycles. The van der Waals surface area contributed by atoms with E-state index in [1.165, 1.54) is 5.69 Å². The van der Waals surface area contributed by atoms with Gasteiger partial charge >= 0.3 is 5.97 Å². The highest BCUT2D eigenvalue weighted by molar-refractivity contribution is 5.72. The zero-order valence-electron chi connectivity index (χ0n) is 13.1. The van der Waals surface area contributed by atoms with Crippen LogP contribution in [0.5, 0.6) is 0 Å². The topological polar surface area (TPSA) is 54.5 Å². The molecular weight excluding hydrogens is 266 g/mol. The summed E-state index contributed by atoms with van der Waals surface area (Å²) < 4.78 is 5.30. The van der Waals surface area contributed by atoms with Crippen molar-refractivity contribution in [2.45, 2.75) is 45.3 Å². The highest BCUT2D eigenvalue weighted by Gasteiger charge is 2.21. The van der Waals surface area contributed by atoms with Crippen molar-refractivity contribution in [3.63, 3.8) is 0 Å². The van der Waals surface area contributed by atoms with Gasteiger partial charge in [0.1, 0.15) is 5.60 Å². The number of esters is 1. The maximum atomic E-state index is 11.7. The summed E-state index contributed by atoms with van der Waals surface area (Å²) in [5, 5.41) is 3.30. The summed E-state index contributed by atoms with van der Waals surface area (Å²) in [6.07, 6.45) is 5.71. The highest BCUT2D eigenvalue weighted by Crippen LogP contribution is 2.18. The molecule has 5 nitrogen and oxygen atoms in total. The van der Waals surface area contributed by atoms with Crippen LogP contribution in [0.15, 0.2) is 24.5 Å². The number of aromatic nitrogens is 1. The first-order valence-electron chi connectivity index (χ1n) is 7.54. The van der Waals surface area contributed by atoms with Gasteiger partial charge in [0, 0.05) is 37.2 Å². The number of hydrogen-bond acceptors (Lipinski definition) is 5. The summed E-state index contributed by atoms with van der Waals surface area (Å²) in [6.45, 7) is 7.94. The number of nitrogens with zero attached hydrogens (tertiary/aromatic N) is 2. The number of nitrogens with one attached hydrogen (secondary N) is 1. The van der Waals surface area contributed by atoms with Crippen molar-refractivity contribution in [2.24, 2.45) is 0 Å². The number of anilines is 1. The molecule has 5 heteroatoms. The molecule has 0 spiro atoms. The Bertz CT molecular complexity index is 448. The summed E-state index contributed by atoms with van der Waals surface area (Å²) >= 11 is 0. The van der Waals surface area contributed by atoms with E-state index >= 15 is 0 Å². The molecule has 1 aliphatic rings. The summed E-state index contributed by atoms with van der Waals surface area (Å²) in [5.41, 5.74) is 0.805. The van der Waals surface area contributed by atoms with Gasteiger partial charge in [-0.1, -0.05) is 0 Å². The van der Waals surface area contributed by atoms with Crippen LogP contribution in [0.3, 0.4) is 0 Å². The van der Waals surface area contributed by atoms with Crippen molar-refractivity contribution in [3.8, 4) is 0 Å². The maximum absolute atomic E-state index is 11.7. The van der Waals surface area contributed by atoms with Crippen LogP contribution in [0, 0.1) is 0 Å². The van der Waals surface area contributed by atoms with Crippen LogP contribution < -0.4 is 10.2 Å². The van der Waals surface area contributed by atoms with Gasteiger partial charge in [0.2, 0.25) is 0 Å². The first-order chi connectivity index (χ1) is 9.94. The van der Waals surface area contributed by atoms with Gasteiger partial charge in [-0.25, -0.2) is 0 Å². The molecule has 1 N–H and O–H groups in total. The lowest BCUT2D eigenvalue weighted by atomic mass is 10.0. The predicted molar refractivity (Wildman–Crippen MR) is 83.3 cm³/mol. The number of pyridine rings is 1. The third kappa shape index (κ3) is 5.34. The van der Waals surface area contributed by atoms with Crippen molar-refractivity contribution in [1.29, 1.82) is 0 Å². The SMILES string of the molecule is CC(C)(C)OC(=O)CNC1CCN(c2ccncc2)CC1. The largest absolute Gasteiger partial charge is 0.459 e. The maximum Gasteiger partial charge on any atom is 0.320 e. The van der Waals surface area contributed by atoms with E-state index in [-0.39, 0.29) is 12.5 Å². The first-order valence-corrected chi connectivity index (χ1v) is 7.54. The van der Waals surface area contributed by atoms with Crippen molar-refractivity contribution in [1.82, 2.24) is 10.3 Å². The van der Waals surface area contributed by atoms with E-state index in [0.717, 1.165) is 25.9 Å². The number of carbonyl (C=O) groups excluding carboxylic acids is 1. The van der Waals surface area contributed by atoms with E-state index in [0.29, 0.717) is 6.04 Å². The summed E-state index contributed by atoms with van der Waals surface area (Å²) in [7, 11) is 0. The average molecular weight is 291 g/mol. The normalized spacial score (nSPS) is 16.8.